The largest absolute Gasteiger partial charge is 0.391 e. The van der Waals surface area contributed by atoms with Crippen molar-refractivity contribution in [3.63, 3.8) is 0 Å². The van der Waals surface area contributed by atoms with Crippen LogP contribution in [0, 0.1) is 5.92 Å². The summed E-state index contributed by atoms with van der Waals surface area (Å²) in [5.74, 6) is 0.0892. The Hall–Kier alpha value is -0.360. The molecule has 0 bridgehead atoms. The summed E-state index contributed by atoms with van der Waals surface area (Å²) < 4.78 is 0. The van der Waals surface area contributed by atoms with E-state index in [1.807, 2.05) is 0 Å². The van der Waals surface area contributed by atoms with Crippen molar-refractivity contribution >= 4 is 18.3 Å². The van der Waals surface area contributed by atoms with Gasteiger partial charge in [-0.25, -0.2) is 0 Å². The van der Waals surface area contributed by atoms with Crippen LogP contribution in [0.2, 0.25) is 0 Å². The summed E-state index contributed by atoms with van der Waals surface area (Å²) in [5, 5.41) is 13.4. The van der Waals surface area contributed by atoms with E-state index in [0.717, 1.165) is 51.9 Å². The highest BCUT2D eigenvalue weighted by Crippen LogP contribution is 2.20. The lowest BCUT2D eigenvalue weighted by Crippen LogP contribution is -2.53. The van der Waals surface area contributed by atoms with Gasteiger partial charge in [-0.2, -0.15) is 0 Å². The van der Waals surface area contributed by atoms with Crippen LogP contribution in [-0.4, -0.2) is 54.2 Å². The quantitative estimate of drug-likeness (QED) is 0.663. The molecule has 6 heteroatoms. The van der Waals surface area contributed by atoms with Gasteiger partial charge >= 0.3 is 0 Å². The molecule has 2 aliphatic heterocycles. The fraction of sp³-hybridized carbons (Fsp3) is 0.917. The molecular weight excluding hydrogens is 254 g/mol. The minimum Gasteiger partial charge on any atom is -0.391 e. The van der Waals surface area contributed by atoms with Crippen molar-refractivity contribution in [2.75, 3.05) is 26.2 Å². The second-order valence-electron chi connectivity index (χ2n) is 5.14. The van der Waals surface area contributed by atoms with Crippen LogP contribution in [0.4, 0.5) is 0 Å². The fourth-order valence-electron chi connectivity index (χ4n) is 2.77. The van der Waals surface area contributed by atoms with Gasteiger partial charge in [-0.1, -0.05) is 0 Å². The van der Waals surface area contributed by atoms with E-state index in [1.54, 1.807) is 4.90 Å². The number of aliphatic hydroxyl groups excluding tert-OH is 1. The second kappa shape index (κ2) is 7.28. The van der Waals surface area contributed by atoms with Gasteiger partial charge in [0.05, 0.1) is 6.10 Å². The molecule has 1 amide bonds. The molecule has 5 nitrogen and oxygen atoms in total. The van der Waals surface area contributed by atoms with Crippen molar-refractivity contribution in [3.8, 4) is 0 Å². The predicted molar refractivity (Wildman–Crippen MR) is 72.6 cm³/mol. The first kappa shape index (κ1) is 15.7. The predicted octanol–water partition coefficient (Wildman–Crippen LogP) is -0.282. The summed E-state index contributed by atoms with van der Waals surface area (Å²) in [7, 11) is 0. The summed E-state index contributed by atoms with van der Waals surface area (Å²) >= 11 is 0. The zero-order valence-corrected chi connectivity index (χ0v) is 11.5. The number of nitrogens with two attached hydrogens (primary N) is 1. The number of nitrogens with zero attached hydrogens (tertiary/aromatic N) is 1. The van der Waals surface area contributed by atoms with Crippen molar-refractivity contribution in [2.24, 2.45) is 11.7 Å². The van der Waals surface area contributed by atoms with Gasteiger partial charge < -0.3 is 21.1 Å². The van der Waals surface area contributed by atoms with E-state index in [0.29, 0.717) is 0 Å². The first-order chi connectivity index (χ1) is 8.20. The highest BCUT2D eigenvalue weighted by molar-refractivity contribution is 5.85. The number of piperidine rings is 1. The second-order valence-corrected chi connectivity index (χ2v) is 5.14. The molecule has 4 N–H and O–H groups in total. The molecule has 0 saturated carbocycles. The van der Waals surface area contributed by atoms with Crippen molar-refractivity contribution in [1.82, 2.24) is 10.2 Å². The Kier molecular flexibility index (Phi) is 6.35. The molecule has 0 aromatic rings. The smallest absolute Gasteiger partial charge is 0.242 e. The average Bonchev–Trinajstić information content (AvgIpc) is 2.91. The maximum atomic E-state index is 12.1. The summed E-state index contributed by atoms with van der Waals surface area (Å²) in [6.45, 7) is 3.41. The Bertz CT molecular complexity index is 266. The number of halogens is 1. The van der Waals surface area contributed by atoms with Crippen LogP contribution in [0.3, 0.4) is 0 Å². The molecule has 2 saturated heterocycles. The van der Waals surface area contributed by atoms with Gasteiger partial charge in [-0.15, -0.1) is 12.4 Å². The van der Waals surface area contributed by atoms with E-state index in [9.17, 15) is 9.90 Å². The first-order valence-electron chi connectivity index (χ1n) is 6.63. The van der Waals surface area contributed by atoms with Gasteiger partial charge in [-0.05, 0) is 44.7 Å². The molecule has 2 rings (SSSR count). The van der Waals surface area contributed by atoms with Crippen LogP contribution in [0.5, 0.6) is 0 Å². The summed E-state index contributed by atoms with van der Waals surface area (Å²) in [4.78, 5) is 13.8. The standard InChI is InChI=1S/C12H23N3O2.ClH/c13-10(12(17)15-7-1-2-8-15)11(16)9-3-5-14-6-4-9;/h9-11,14,16H,1-8,13H2;1H/t10-,11+;/m1./s1. The van der Waals surface area contributed by atoms with Crippen molar-refractivity contribution in [1.29, 1.82) is 0 Å². The molecule has 0 radical (unpaired) electrons. The molecule has 0 aromatic carbocycles. The number of hydrogen-bond acceptors (Lipinski definition) is 4. The Balaban J connectivity index is 0.00000162. The normalized spacial score (nSPS) is 24.4. The van der Waals surface area contributed by atoms with E-state index in [1.165, 1.54) is 0 Å². The first-order valence-corrected chi connectivity index (χ1v) is 6.63. The molecule has 0 aromatic heterocycles. The monoisotopic (exact) mass is 277 g/mol. The number of hydrogen-bond donors (Lipinski definition) is 3. The molecule has 2 fully saturated rings. The third-order valence-corrected chi connectivity index (χ3v) is 3.94. The average molecular weight is 278 g/mol. The van der Waals surface area contributed by atoms with Crippen LogP contribution in [0.25, 0.3) is 0 Å². The number of nitrogens with one attached hydrogen (secondary N) is 1. The minimum absolute atomic E-state index is 0. The van der Waals surface area contributed by atoms with Crippen molar-refractivity contribution < 1.29 is 9.90 Å². The number of carbonyl (C=O) groups excluding carboxylic acids is 1. The van der Waals surface area contributed by atoms with E-state index >= 15 is 0 Å². The number of amides is 1. The SMILES string of the molecule is Cl.N[C@@H](C(=O)N1CCCC1)[C@@H](O)C1CCNCC1. The van der Waals surface area contributed by atoms with Gasteiger partial charge in [-0.3, -0.25) is 4.79 Å². The highest BCUT2D eigenvalue weighted by atomic mass is 35.5. The van der Waals surface area contributed by atoms with Gasteiger partial charge in [0.25, 0.3) is 0 Å². The fourth-order valence-corrected chi connectivity index (χ4v) is 2.77. The molecule has 18 heavy (non-hydrogen) atoms. The van der Waals surface area contributed by atoms with Gasteiger partial charge in [0.1, 0.15) is 6.04 Å². The molecule has 106 valence electrons. The Labute approximate surface area is 115 Å². The summed E-state index contributed by atoms with van der Waals surface area (Å²) in [6.07, 6.45) is 3.24. The topological polar surface area (TPSA) is 78.6 Å². The Morgan fingerprint density at radius 3 is 2.39 bits per heavy atom. The summed E-state index contributed by atoms with van der Waals surface area (Å²) in [5.41, 5.74) is 5.91. The lowest BCUT2D eigenvalue weighted by Gasteiger charge is -2.31. The van der Waals surface area contributed by atoms with Crippen molar-refractivity contribution in [2.45, 2.75) is 37.8 Å². The third-order valence-electron chi connectivity index (χ3n) is 3.94. The number of aliphatic hydroxyl groups is 1. The maximum absolute atomic E-state index is 12.1. The van der Waals surface area contributed by atoms with Crippen LogP contribution >= 0.6 is 12.4 Å². The van der Waals surface area contributed by atoms with Crippen LogP contribution in [0.1, 0.15) is 25.7 Å². The van der Waals surface area contributed by atoms with Gasteiger partial charge in [0, 0.05) is 13.1 Å². The zero-order chi connectivity index (χ0) is 12.3. The van der Waals surface area contributed by atoms with E-state index in [4.69, 9.17) is 5.73 Å². The third kappa shape index (κ3) is 3.57. The molecule has 2 aliphatic rings. The molecule has 0 aliphatic carbocycles. The maximum Gasteiger partial charge on any atom is 0.242 e. The zero-order valence-electron chi connectivity index (χ0n) is 10.7. The van der Waals surface area contributed by atoms with Crippen LogP contribution in [0.15, 0.2) is 0 Å². The minimum atomic E-state index is -0.740. The lowest BCUT2D eigenvalue weighted by molar-refractivity contribution is -0.135. The van der Waals surface area contributed by atoms with Gasteiger partial charge in [0.15, 0.2) is 0 Å². The van der Waals surface area contributed by atoms with Crippen LogP contribution < -0.4 is 11.1 Å². The molecule has 2 heterocycles. The Morgan fingerprint density at radius 1 is 1.28 bits per heavy atom. The number of likely N-dealkylation sites (tertiary alicyclic amines) is 1. The lowest BCUT2D eigenvalue weighted by atomic mass is 9.88. The number of carbonyl (C=O) groups is 1. The van der Waals surface area contributed by atoms with Crippen molar-refractivity contribution in [3.05, 3.63) is 0 Å². The molecule has 2 atom stereocenters. The van der Waals surface area contributed by atoms with E-state index < -0.39 is 12.1 Å². The van der Waals surface area contributed by atoms with Gasteiger partial charge in [0.2, 0.25) is 5.91 Å². The molecule has 0 spiro atoms. The van der Waals surface area contributed by atoms with Crippen LogP contribution in [-0.2, 0) is 4.79 Å². The molecular formula is C12H24ClN3O2. The summed E-state index contributed by atoms with van der Waals surface area (Å²) in [6, 6.07) is -0.740. The number of rotatable bonds is 3. The molecule has 0 unspecified atom stereocenters. The highest BCUT2D eigenvalue weighted by Gasteiger charge is 2.33. The van der Waals surface area contributed by atoms with E-state index in [2.05, 4.69) is 5.32 Å². The van der Waals surface area contributed by atoms with E-state index in [-0.39, 0.29) is 24.2 Å². The Morgan fingerprint density at radius 2 is 1.83 bits per heavy atom.